The van der Waals surface area contributed by atoms with Gasteiger partial charge in [0, 0.05) is 53.6 Å². The lowest BCUT2D eigenvalue weighted by atomic mass is 10.0. The normalized spacial score (nSPS) is 15.0. The maximum Gasteiger partial charge on any atom is 0.257 e. The number of anilines is 1. The predicted molar refractivity (Wildman–Crippen MR) is 106 cm³/mol. The fourth-order valence-corrected chi connectivity index (χ4v) is 3.83. The number of hydrogen-bond donors (Lipinski definition) is 1. The zero-order chi connectivity index (χ0) is 20.5. The van der Waals surface area contributed by atoms with Crippen LogP contribution in [0.15, 0.2) is 42.6 Å². The second-order valence-electron chi connectivity index (χ2n) is 6.97. The molecule has 4 rings (SSSR count). The molecule has 3 aromatic rings. The number of carbonyl (C=O) groups excluding carboxylic acids is 1. The molecular formula is C21H17ClF3N3O. The Hall–Kier alpha value is -2.80. The molecule has 1 aromatic heterocycles. The molecule has 0 atom stereocenters. The topological polar surface area (TPSA) is 45.2 Å². The van der Waals surface area contributed by atoms with E-state index in [1.54, 1.807) is 12.3 Å². The Morgan fingerprint density at radius 2 is 1.76 bits per heavy atom. The minimum absolute atomic E-state index is 0.231. The van der Waals surface area contributed by atoms with Crippen molar-refractivity contribution in [3.8, 4) is 0 Å². The van der Waals surface area contributed by atoms with E-state index in [9.17, 15) is 18.0 Å². The lowest BCUT2D eigenvalue weighted by molar-refractivity contribution is 0.0922. The molecule has 1 aliphatic heterocycles. The Morgan fingerprint density at radius 1 is 1.07 bits per heavy atom. The largest absolute Gasteiger partial charge is 0.371 e. The van der Waals surface area contributed by atoms with Gasteiger partial charge in [-0.3, -0.25) is 9.78 Å². The van der Waals surface area contributed by atoms with Gasteiger partial charge in [0.25, 0.3) is 5.91 Å². The van der Waals surface area contributed by atoms with Crippen molar-refractivity contribution in [3.63, 3.8) is 0 Å². The standard InChI is InChI=1S/C21H17ClF3N3O/c22-12-1-2-15-18(9-12)26-6-3-19(15)28-7-4-14(5-8-28)27-21(29)20-16(24)10-13(23)11-17(20)25/h1-3,6,9-11,14H,4-5,7-8H2,(H,27,29). The first-order chi connectivity index (χ1) is 13.9. The van der Waals surface area contributed by atoms with E-state index in [0.29, 0.717) is 43.1 Å². The molecule has 2 heterocycles. The van der Waals surface area contributed by atoms with Crippen molar-refractivity contribution in [3.05, 3.63) is 70.6 Å². The number of rotatable bonds is 3. The molecule has 0 radical (unpaired) electrons. The van der Waals surface area contributed by atoms with Crippen LogP contribution in [0, 0.1) is 17.5 Å². The van der Waals surface area contributed by atoms with Crippen molar-refractivity contribution in [1.82, 2.24) is 10.3 Å². The Kier molecular flexibility index (Phi) is 5.32. The Bertz CT molecular complexity index is 1060. The van der Waals surface area contributed by atoms with Gasteiger partial charge in [0.1, 0.15) is 23.0 Å². The molecule has 1 aliphatic rings. The third kappa shape index (κ3) is 4.00. The summed E-state index contributed by atoms with van der Waals surface area (Å²) >= 11 is 6.04. The van der Waals surface area contributed by atoms with Gasteiger partial charge in [0.2, 0.25) is 0 Å². The maximum atomic E-state index is 13.8. The van der Waals surface area contributed by atoms with Crippen LogP contribution in [-0.4, -0.2) is 30.0 Å². The van der Waals surface area contributed by atoms with Gasteiger partial charge in [-0.05, 0) is 37.1 Å². The van der Waals surface area contributed by atoms with E-state index in [-0.39, 0.29) is 6.04 Å². The Morgan fingerprint density at radius 3 is 2.45 bits per heavy atom. The van der Waals surface area contributed by atoms with Crippen LogP contribution in [0.25, 0.3) is 10.9 Å². The minimum atomic E-state index is -1.21. The number of nitrogens with zero attached hydrogens (tertiary/aromatic N) is 2. The fourth-order valence-electron chi connectivity index (χ4n) is 3.66. The van der Waals surface area contributed by atoms with Crippen LogP contribution in [0.1, 0.15) is 23.2 Å². The van der Waals surface area contributed by atoms with E-state index in [1.165, 1.54) is 0 Å². The molecule has 1 N–H and O–H groups in total. The number of piperidine rings is 1. The summed E-state index contributed by atoms with van der Waals surface area (Å²) in [7, 11) is 0. The monoisotopic (exact) mass is 419 g/mol. The van der Waals surface area contributed by atoms with Crippen LogP contribution in [-0.2, 0) is 0 Å². The van der Waals surface area contributed by atoms with Gasteiger partial charge in [0.05, 0.1) is 5.52 Å². The Balaban J connectivity index is 1.45. The van der Waals surface area contributed by atoms with E-state index < -0.39 is 28.9 Å². The molecular weight excluding hydrogens is 403 g/mol. The van der Waals surface area contributed by atoms with Crippen molar-refractivity contribution < 1.29 is 18.0 Å². The van der Waals surface area contributed by atoms with Crippen LogP contribution in [0.5, 0.6) is 0 Å². The zero-order valence-electron chi connectivity index (χ0n) is 15.3. The van der Waals surface area contributed by atoms with Crippen molar-refractivity contribution in [2.45, 2.75) is 18.9 Å². The van der Waals surface area contributed by atoms with Crippen LogP contribution in [0.4, 0.5) is 18.9 Å². The van der Waals surface area contributed by atoms with E-state index in [1.807, 2.05) is 18.2 Å². The van der Waals surface area contributed by atoms with E-state index >= 15 is 0 Å². The van der Waals surface area contributed by atoms with Crippen LogP contribution in [0.2, 0.25) is 5.02 Å². The van der Waals surface area contributed by atoms with Gasteiger partial charge < -0.3 is 10.2 Å². The molecule has 0 bridgehead atoms. The first kappa shape index (κ1) is 19.5. The van der Waals surface area contributed by atoms with E-state index in [2.05, 4.69) is 15.2 Å². The van der Waals surface area contributed by atoms with E-state index in [4.69, 9.17) is 11.6 Å². The number of aromatic nitrogens is 1. The van der Waals surface area contributed by atoms with Gasteiger partial charge in [-0.1, -0.05) is 11.6 Å². The third-order valence-electron chi connectivity index (χ3n) is 5.09. The Labute approximate surface area is 170 Å². The highest BCUT2D eigenvalue weighted by Gasteiger charge is 2.25. The van der Waals surface area contributed by atoms with Crippen LogP contribution in [0.3, 0.4) is 0 Å². The summed E-state index contributed by atoms with van der Waals surface area (Å²) in [5, 5.41) is 4.25. The number of nitrogens with one attached hydrogen (secondary N) is 1. The van der Waals surface area contributed by atoms with E-state index in [0.717, 1.165) is 16.6 Å². The molecule has 0 spiro atoms. The molecule has 0 unspecified atom stereocenters. The summed E-state index contributed by atoms with van der Waals surface area (Å²) in [4.78, 5) is 18.8. The highest BCUT2D eigenvalue weighted by molar-refractivity contribution is 6.31. The molecule has 8 heteroatoms. The minimum Gasteiger partial charge on any atom is -0.371 e. The number of halogens is 4. The number of fused-ring (bicyclic) bond motifs is 1. The predicted octanol–water partition coefficient (Wildman–Crippen LogP) is 4.70. The fraction of sp³-hybridized carbons (Fsp3) is 0.238. The lowest BCUT2D eigenvalue weighted by Crippen LogP contribution is -2.45. The SMILES string of the molecule is O=C(NC1CCN(c2ccnc3cc(Cl)ccc23)CC1)c1c(F)cc(F)cc1F. The number of amides is 1. The number of benzene rings is 2. The summed E-state index contributed by atoms with van der Waals surface area (Å²) in [6.45, 7) is 1.31. The number of hydrogen-bond acceptors (Lipinski definition) is 3. The molecule has 1 saturated heterocycles. The molecule has 1 amide bonds. The average molecular weight is 420 g/mol. The van der Waals surface area contributed by atoms with Crippen molar-refractivity contribution in [1.29, 1.82) is 0 Å². The lowest BCUT2D eigenvalue weighted by Gasteiger charge is -2.34. The quantitative estimate of drug-likeness (QED) is 0.669. The van der Waals surface area contributed by atoms with Gasteiger partial charge in [-0.25, -0.2) is 13.2 Å². The van der Waals surface area contributed by atoms with Crippen LogP contribution < -0.4 is 10.2 Å². The molecule has 1 fully saturated rings. The first-order valence-corrected chi connectivity index (χ1v) is 9.55. The third-order valence-corrected chi connectivity index (χ3v) is 5.32. The zero-order valence-corrected chi connectivity index (χ0v) is 16.0. The van der Waals surface area contributed by atoms with Crippen LogP contribution >= 0.6 is 11.6 Å². The molecule has 0 aliphatic carbocycles. The summed E-state index contributed by atoms with van der Waals surface area (Å²) in [6, 6.07) is 8.24. The van der Waals surface area contributed by atoms with Crippen molar-refractivity contribution in [2.75, 3.05) is 18.0 Å². The molecule has 2 aromatic carbocycles. The van der Waals surface area contributed by atoms with Crippen molar-refractivity contribution in [2.24, 2.45) is 0 Å². The molecule has 150 valence electrons. The van der Waals surface area contributed by atoms with Gasteiger partial charge in [-0.2, -0.15) is 0 Å². The average Bonchev–Trinajstić information content (AvgIpc) is 2.67. The summed E-state index contributed by atoms with van der Waals surface area (Å²) in [5.74, 6) is -4.35. The number of carbonyl (C=O) groups is 1. The second-order valence-corrected chi connectivity index (χ2v) is 7.41. The number of pyridine rings is 1. The molecule has 29 heavy (non-hydrogen) atoms. The maximum absolute atomic E-state index is 13.8. The smallest absolute Gasteiger partial charge is 0.257 e. The summed E-state index contributed by atoms with van der Waals surface area (Å²) < 4.78 is 40.7. The van der Waals surface area contributed by atoms with Crippen molar-refractivity contribution >= 4 is 34.1 Å². The molecule has 0 saturated carbocycles. The van der Waals surface area contributed by atoms with Gasteiger partial charge in [0.15, 0.2) is 0 Å². The highest BCUT2D eigenvalue weighted by atomic mass is 35.5. The van der Waals surface area contributed by atoms with Gasteiger partial charge >= 0.3 is 0 Å². The van der Waals surface area contributed by atoms with Gasteiger partial charge in [-0.15, -0.1) is 0 Å². The molecule has 4 nitrogen and oxygen atoms in total. The summed E-state index contributed by atoms with van der Waals surface area (Å²) in [6.07, 6.45) is 2.93. The summed E-state index contributed by atoms with van der Waals surface area (Å²) in [5.41, 5.74) is 1.06. The second kappa shape index (κ2) is 7.91. The first-order valence-electron chi connectivity index (χ1n) is 9.17. The highest BCUT2D eigenvalue weighted by Crippen LogP contribution is 2.29.